The van der Waals surface area contributed by atoms with Crippen LogP contribution >= 0.6 is 0 Å². The molecule has 2 aromatic rings. The number of aromatic nitrogens is 1. The Morgan fingerprint density at radius 1 is 1.00 bits per heavy atom. The lowest BCUT2D eigenvalue weighted by Crippen LogP contribution is -2.32. The van der Waals surface area contributed by atoms with Gasteiger partial charge in [0.05, 0.1) is 11.1 Å². The predicted molar refractivity (Wildman–Crippen MR) is 99.9 cm³/mol. The topological polar surface area (TPSA) is 62.3 Å². The fourth-order valence-corrected chi connectivity index (χ4v) is 2.56. The molecule has 0 saturated heterocycles. The molecule has 0 aliphatic carbocycles. The van der Waals surface area contributed by atoms with Crippen LogP contribution in [0.3, 0.4) is 0 Å². The van der Waals surface area contributed by atoms with Gasteiger partial charge in [-0.3, -0.25) is 14.6 Å². The highest BCUT2D eigenvalue weighted by molar-refractivity contribution is 6.05. The number of amides is 2. The maximum Gasteiger partial charge on any atom is 0.257 e. The second kappa shape index (κ2) is 8.97. The van der Waals surface area contributed by atoms with Crippen LogP contribution in [0.15, 0.2) is 42.7 Å². The van der Waals surface area contributed by atoms with Crippen LogP contribution in [0.2, 0.25) is 0 Å². The van der Waals surface area contributed by atoms with Crippen molar-refractivity contribution in [3.8, 4) is 0 Å². The van der Waals surface area contributed by atoms with Gasteiger partial charge in [0, 0.05) is 31.2 Å². The minimum atomic E-state index is -0.275. The molecule has 0 bridgehead atoms. The third kappa shape index (κ3) is 5.14. The molecule has 0 atom stereocenters. The van der Waals surface area contributed by atoms with Crippen LogP contribution in [0.25, 0.3) is 0 Å². The lowest BCUT2D eigenvalue weighted by molar-refractivity contribution is 0.0755. The summed E-state index contributed by atoms with van der Waals surface area (Å²) in [6.07, 6.45) is 4.78. The van der Waals surface area contributed by atoms with E-state index in [0.717, 1.165) is 18.4 Å². The molecule has 2 rings (SSSR count). The van der Waals surface area contributed by atoms with Gasteiger partial charge in [-0.25, -0.2) is 0 Å². The molecule has 25 heavy (non-hydrogen) atoms. The summed E-state index contributed by atoms with van der Waals surface area (Å²) in [6, 6.07) is 9.17. The van der Waals surface area contributed by atoms with Crippen LogP contribution in [-0.2, 0) is 0 Å². The summed E-state index contributed by atoms with van der Waals surface area (Å²) >= 11 is 0. The molecule has 1 heterocycles. The molecule has 132 valence electrons. The molecule has 0 aliphatic rings. The average Bonchev–Trinajstić information content (AvgIpc) is 2.63. The van der Waals surface area contributed by atoms with Crippen molar-refractivity contribution >= 4 is 17.5 Å². The second-order valence-corrected chi connectivity index (χ2v) is 6.07. The Morgan fingerprint density at radius 2 is 1.60 bits per heavy atom. The summed E-state index contributed by atoms with van der Waals surface area (Å²) in [6.45, 7) is 7.47. The van der Waals surface area contributed by atoms with E-state index in [9.17, 15) is 9.59 Å². The molecule has 0 aliphatic heterocycles. The lowest BCUT2D eigenvalue weighted by Gasteiger charge is -2.21. The maximum absolute atomic E-state index is 12.6. The first-order chi connectivity index (χ1) is 12.0. The third-order valence-electron chi connectivity index (χ3n) is 3.83. The minimum absolute atomic E-state index is 0.0822. The zero-order chi connectivity index (χ0) is 18.2. The number of rotatable bonds is 7. The third-order valence-corrected chi connectivity index (χ3v) is 3.83. The zero-order valence-electron chi connectivity index (χ0n) is 15.1. The number of hydrogen-bond acceptors (Lipinski definition) is 3. The first-order valence-corrected chi connectivity index (χ1v) is 8.67. The Bertz CT molecular complexity index is 720. The van der Waals surface area contributed by atoms with Gasteiger partial charge in [-0.15, -0.1) is 0 Å². The molecular formula is C20H25N3O2. The van der Waals surface area contributed by atoms with Gasteiger partial charge in [-0.1, -0.05) is 31.5 Å². The van der Waals surface area contributed by atoms with Gasteiger partial charge in [0.25, 0.3) is 11.8 Å². The van der Waals surface area contributed by atoms with Crippen molar-refractivity contribution in [2.75, 3.05) is 18.4 Å². The van der Waals surface area contributed by atoms with Crippen molar-refractivity contribution in [2.24, 2.45) is 0 Å². The predicted octanol–water partition coefficient (Wildman–Crippen LogP) is 3.90. The number of anilines is 1. The number of benzene rings is 1. The van der Waals surface area contributed by atoms with E-state index >= 15 is 0 Å². The molecule has 1 N–H and O–H groups in total. The summed E-state index contributed by atoms with van der Waals surface area (Å²) < 4.78 is 0. The van der Waals surface area contributed by atoms with Gasteiger partial charge in [0.15, 0.2) is 0 Å². The van der Waals surface area contributed by atoms with Gasteiger partial charge in [-0.05, 0) is 38.0 Å². The average molecular weight is 339 g/mol. The van der Waals surface area contributed by atoms with Crippen molar-refractivity contribution < 1.29 is 9.59 Å². The Kier molecular flexibility index (Phi) is 6.69. The highest BCUT2D eigenvalue weighted by Crippen LogP contribution is 2.12. The van der Waals surface area contributed by atoms with Gasteiger partial charge in [0.1, 0.15) is 0 Å². The molecule has 0 spiro atoms. The number of hydrogen-bond donors (Lipinski definition) is 1. The normalized spacial score (nSPS) is 10.4. The van der Waals surface area contributed by atoms with Gasteiger partial charge < -0.3 is 10.2 Å². The molecular weight excluding hydrogens is 314 g/mol. The van der Waals surface area contributed by atoms with E-state index in [1.54, 1.807) is 11.0 Å². The quantitative estimate of drug-likeness (QED) is 0.832. The number of carbonyl (C=O) groups excluding carboxylic acids is 2. The van der Waals surface area contributed by atoms with E-state index in [4.69, 9.17) is 0 Å². The maximum atomic E-state index is 12.6. The molecule has 1 aromatic carbocycles. The van der Waals surface area contributed by atoms with Gasteiger partial charge in [-0.2, -0.15) is 0 Å². The highest BCUT2D eigenvalue weighted by atomic mass is 16.2. The molecule has 0 radical (unpaired) electrons. The highest BCUT2D eigenvalue weighted by Gasteiger charge is 2.16. The van der Waals surface area contributed by atoms with Crippen LogP contribution in [0.1, 0.15) is 53.0 Å². The monoisotopic (exact) mass is 339 g/mol. The van der Waals surface area contributed by atoms with Crippen molar-refractivity contribution in [3.05, 3.63) is 59.4 Å². The summed E-state index contributed by atoms with van der Waals surface area (Å²) in [7, 11) is 0. The van der Waals surface area contributed by atoms with Crippen LogP contribution in [0, 0.1) is 6.92 Å². The molecule has 5 heteroatoms. The first kappa shape index (κ1) is 18.6. The van der Waals surface area contributed by atoms with E-state index in [0.29, 0.717) is 29.9 Å². The molecule has 2 amide bonds. The largest absolute Gasteiger partial charge is 0.339 e. The standard InChI is InChI=1S/C20H25N3O2/c1-4-10-23(11-5-2)20(25)17-12-16(13-21-14-17)19(24)22-18-8-6-15(3)7-9-18/h6-9,12-14H,4-5,10-11H2,1-3H3,(H,22,24). The number of nitrogens with zero attached hydrogens (tertiary/aromatic N) is 2. The second-order valence-electron chi connectivity index (χ2n) is 6.07. The first-order valence-electron chi connectivity index (χ1n) is 8.67. The van der Waals surface area contributed by atoms with Crippen molar-refractivity contribution in [3.63, 3.8) is 0 Å². The Balaban J connectivity index is 2.15. The number of nitrogens with one attached hydrogen (secondary N) is 1. The van der Waals surface area contributed by atoms with Gasteiger partial charge in [0.2, 0.25) is 0 Å². The van der Waals surface area contributed by atoms with E-state index in [-0.39, 0.29) is 11.8 Å². The number of aryl methyl sites for hydroxylation is 1. The molecule has 0 fully saturated rings. The van der Waals surface area contributed by atoms with Crippen LogP contribution < -0.4 is 5.32 Å². The van der Waals surface area contributed by atoms with Crippen molar-refractivity contribution in [2.45, 2.75) is 33.6 Å². The fraction of sp³-hybridized carbons (Fsp3) is 0.350. The zero-order valence-corrected chi connectivity index (χ0v) is 15.1. The smallest absolute Gasteiger partial charge is 0.257 e. The molecule has 0 unspecified atom stereocenters. The van der Waals surface area contributed by atoms with Crippen LogP contribution in [0.4, 0.5) is 5.69 Å². The van der Waals surface area contributed by atoms with E-state index in [1.807, 2.05) is 45.0 Å². The van der Waals surface area contributed by atoms with Crippen molar-refractivity contribution in [1.82, 2.24) is 9.88 Å². The van der Waals surface area contributed by atoms with E-state index in [1.165, 1.54) is 12.4 Å². The summed E-state index contributed by atoms with van der Waals surface area (Å²) in [5.74, 6) is -0.357. The SMILES string of the molecule is CCCN(CCC)C(=O)c1cncc(C(=O)Nc2ccc(C)cc2)c1. The van der Waals surface area contributed by atoms with E-state index < -0.39 is 0 Å². The van der Waals surface area contributed by atoms with Gasteiger partial charge >= 0.3 is 0 Å². The lowest BCUT2D eigenvalue weighted by atomic mass is 10.1. The summed E-state index contributed by atoms with van der Waals surface area (Å²) in [5.41, 5.74) is 2.66. The number of carbonyl (C=O) groups is 2. The van der Waals surface area contributed by atoms with Crippen molar-refractivity contribution in [1.29, 1.82) is 0 Å². The Morgan fingerprint density at radius 3 is 2.20 bits per heavy atom. The molecule has 1 aromatic heterocycles. The van der Waals surface area contributed by atoms with E-state index in [2.05, 4.69) is 10.3 Å². The van der Waals surface area contributed by atoms with Crippen LogP contribution in [-0.4, -0.2) is 34.8 Å². The Labute approximate surface area is 149 Å². The fourth-order valence-electron chi connectivity index (χ4n) is 2.56. The molecule has 0 saturated carbocycles. The summed E-state index contributed by atoms with van der Waals surface area (Å²) in [5, 5.41) is 2.83. The molecule has 5 nitrogen and oxygen atoms in total. The number of pyridine rings is 1. The minimum Gasteiger partial charge on any atom is -0.339 e. The summed E-state index contributed by atoms with van der Waals surface area (Å²) in [4.78, 5) is 30.9. The van der Waals surface area contributed by atoms with Crippen LogP contribution in [0.5, 0.6) is 0 Å². The Hall–Kier alpha value is -2.69.